The highest BCUT2D eigenvalue weighted by molar-refractivity contribution is 5.78. The molecule has 1 aliphatic heterocycles. The first kappa shape index (κ1) is 12.1. The highest BCUT2D eigenvalue weighted by Crippen LogP contribution is 2.45. The topological polar surface area (TPSA) is 18.5 Å². The number of hydrogen-bond donors (Lipinski definition) is 0. The van der Waals surface area contributed by atoms with E-state index in [1.54, 1.807) is 0 Å². The highest BCUT2D eigenvalue weighted by atomic mass is 16.7. The minimum Gasteiger partial charge on any atom is -0.353 e. The molecule has 0 radical (unpaired) electrons. The van der Waals surface area contributed by atoms with E-state index in [-0.39, 0.29) is 12.4 Å². The van der Waals surface area contributed by atoms with E-state index >= 15 is 0 Å². The summed E-state index contributed by atoms with van der Waals surface area (Å²) in [7, 11) is 0. The van der Waals surface area contributed by atoms with Crippen molar-refractivity contribution >= 4 is 0 Å². The van der Waals surface area contributed by atoms with Crippen molar-refractivity contribution < 1.29 is 9.47 Å². The molecule has 1 fully saturated rings. The molecule has 4 rings (SSSR count). The Morgan fingerprint density at radius 1 is 0.850 bits per heavy atom. The molecule has 1 atom stereocenters. The maximum absolute atomic E-state index is 6.28. The first-order valence-corrected chi connectivity index (χ1v) is 7.39. The molecule has 2 heteroatoms. The lowest BCUT2D eigenvalue weighted by Gasteiger charge is -2.26. The van der Waals surface area contributed by atoms with Gasteiger partial charge in [-0.05, 0) is 41.5 Å². The lowest BCUT2D eigenvalue weighted by atomic mass is 10.1. The van der Waals surface area contributed by atoms with Crippen LogP contribution in [0.2, 0.25) is 0 Å². The molecule has 0 aromatic heterocycles. The summed E-state index contributed by atoms with van der Waals surface area (Å²) in [6.45, 7) is 0.820. The van der Waals surface area contributed by atoms with Crippen LogP contribution in [0.25, 0.3) is 11.1 Å². The first-order chi connectivity index (χ1) is 9.93. The molecule has 2 aromatic rings. The lowest BCUT2D eigenvalue weighted by Crippen LogP contribution is -2.24. The van der Waals surface area contributed by atoms with Gasteiger partial charge in [0.25, 0.3) is 0 Å². The molecule has 1 unspecified atom stereocenters. The Bertz CT molecular complexity index is 569. The van der Waals surface area contributed by atoms with Gasteiger partial charge in [0.2, 0.25) is 0 Å². The van der Waals surface area contributed by atoms with E-state index in [0.29, 0.717) is 0 Å². The Morgan fingerprint density at radius 2 is 1.50 bits per heavy atom. The molecule has 2 aromatic carbocycles. The monoisotopic (exact) mass is 266 g/mol. The van der Waals surface area contributed by atoms with Gasteiger partial charge in [-0.15, -0.1) is 0 Å². The third-order valence-electron chi connectivity index (χ3n) is 4.20. The Kier molecular flexibility index (Phi) is 3.06. The fourth-order valence-electron chi connectivity index (χ4n) is 3.23. The van der Waals surface area contributed by atoms with E-state index in [2.05, 4.69) is 48.5 Å². The smallest absolute Gasteiger partial charge is 0.158 e. The van der Waals surface area contributed by atoms with Crippen LogP contribution in [0, 0.1) is 0 Å². The molecule has 0 amide bonds. The number of fused-ring (bicyclic) bond motifs is 3. The molecular weight excluding hydrogens is 248 g/mol. The van der Waals surface area contributed by atoms with Gasteiger partial charge < -0.3 is 9.47 Å². The summed E-state index contributed by atoms with van der Waals surface area (Å²) in [5, 5.41) is 0. The van der Waals surface area contributed by atoms with Crippen molar-refractivity contribution in [2.45, 2.75) is 31.7 Å². The zero-order valence-corrected chi connectivity index (χ0v) is 11.4. The maximum atomic E-state index is 6.28. The third-order valence-corrected chi connectivity index (χ3v) is 4.20. The Balaban J connectivity index is 1.71. The molecule has 1 aliphatic carbocycles. The van der Waals surface area contributed by atoms with Crippen LogP contribution in [0.5, 0.6) is 0 Å². The summed E-state index contributed by atoms with van der Waals surface area (Å²) >= 11 is 0. The number of benzene rings is 2. The molecule has 1 saturated heterocycles. The summed E-state index contributed by atoms with van der Waals surface area (Å²) in [4.78, 5) is 0. The van der Waals surface area contributed by atoms with Gasteiger partial charge in [0.05, 0.1) is 0 Å². The molecule has 0 bridgehead atoms. The average molecular weight is 266 g/mol. The predicted molar refractivity (Wildman–Crippen MR) is 78.4 cm³/mol. The van der Waals surface area contributed by atoms with Crippen molar-refractivity contribution in [2.24, 2.45) is 0 Å². The van der Waals surface area contributed by atoms with Gasteiger partial charge in [-0.25, -0.2) is 0 Å². The molecule has 2 aliphatic rings. The summed E-state index contributed by atoms with van der Waals surface area (Å²) < 4.78 is 12.0. The summed E-state index contributed by atoms with van der Waals surface area (Å²) in [6.07, 6.45) is 3.30. The van der Waals surface area contributed by atoms with Crippen LogP contribution in [0.1, 0.15) is 36.5 Å². The Morgan fingerprint density at radius 3 is 2.10 bits per heavy atom. The summed E-state index contributed by atoms with van der Waals surface area (Å²) in [5.41, 5.74) is 5.12. The zero-order chi connectivity index (χ0) is 13.4. The fourth-order valence-corrected chi connectivity index (χ4v) is 3.23. The van der Waals surface area contributed by atoms with Gasteiger partial charge in [0.15, 0.2) is 6.29 Å². The minimum atomic E-state index is -0.0621. The Hall–Kier alpha value is -1.64. The van der Waals surface area contributed by atoms with Crippen LogP contribution >= 0.6 is 0 Å². The fraction of sp³-hybridized carbons (Fsp3) is 0.333. The quantitative estimate of drug-likeness (QED) is 0.807. The molecule has 20 heavy (non-hydrogen) atoms. The third kappa shape index (κ3) is 1.96. The molecule has 1 heterocycles. The van der Waals surface area contributed by atoms with Crippen molar-refractivity contribution in [3.8, 4) is 11.1 Å². The number of ether oxygens (including phenoxy) is 2. The van der Waals surface area contributed by atoms with Gasteiger partial charge in [-0.2, -0.15) is 0 Å². The minimum absolute atomic E-state index is 0.0190. The van der Waals surface area contributed by atoms with Crippen LogP contribution in [0.4, 0.5) is 0 Å². The lowest BCUT2D eigenvalue weighted by molar-refractivity contribution is -0.180. The second kappa shape index (κ2) is 5.04. The predicted octanol–water partition coefficient (Wildman–Crippen LogP) is 4.30. The van der Waals surface area contributed by atoms with Gasteiger partial charge in [-0.3, -0.25) is 0 Å². The Labute approximate surface area is 119 Å². The SMILES string of the molecule is c1ccc2c(c1)-c1ccccc1C2OC1CCCCO1. The largest absolute Gasteiger partial charge is 0.353 e. The summed E-state index contributed by atoms with van der Waals surface area (Å²) in [6, 6.07) is 17.1. The van der Waals surface area contributed by atoms with Crippen molar-refractivity contribution in [3.05, 3.63) is 59.7 Å². The van der Waals surface area contributed by atoms with Crippen LogP contribution in [0.3, 0.4) is 0 Å². The van der Waals surface area contributed by atoms with E-state index in [1.807, 2.05) is 0 Å². The molecule has 102 valence electrons. The van der Waals surface area contributed by atoms with Crippen molar-refractivity contribution in [3.63, 3.8) is 0 Å². The number of rotatable bonds is 2. The van der Waals surface area contributed by atoms with E-state index in [1.165, 1.54) is 28.7 Å². The number of hydrogen-bond acceptors (Lipinski definition) is 2. The second-order valence-corrected chi connectivity index (χ2v) is 5.49. The molecule has 0 spiro atoms. The van der Waals surface area contributed by atoms with Crippen molar-refractivity contribution in [2.75, 3.05) is 6.61 Å². The molecular formula is C18H18O2. The van der Waals surface area contributed by atoms with Crippen LogP contribution < -0.4 is 0 Å². The van der Waals surface area contributed by atoms with Crippen molar-refractivity contribution in [1.29, 1.82) is 0 Å². The van der Waals surface area contributed by atoms with Gasteiger partial charge in [0.1, 0.15) is 6.10 Å². The highest BCUT2D eigenvalue weighted by Gasteiger charge is 2.31. The van der Waals surface area contributed by atoms with Gasteiger partial charge in [-0.1, -0.05) is 48.5 Å². The van der Waals surface area contributed by atoms with E-state index < -0.39 is 0 Å². The van der Waals surface area contributed by atoms with Crippen molar-refractivity contribution in [1.82, 2.24) is 0 Å². The maximum Gasteiger partial charge on any atom is 0.158 e. The van der Waals surface area contributed by atoms with Gasteiger partial charge >= 0.3 is 0 Å². The molecule has 0 saturated carbocycles. The normalized spacial score (nSPS) is 21.5. The molecule has 0 N–H and O–H groups in total. The van der Waals surface area contributed by atoms with E-state index in [4.69, 9.17) is 9.47 Å². The van der Waals surface area contributed by atoms with Crippen LogP contribution in [-0.2, 0) is 9.47 Å². The van der Waals surface area contributed by atoms with Gasteiger partial charge in [0, 0.05) is 6.61 Å². The first-order valence-electron chi connectivity index (χ1n) is 7.39. The van der Waals surface area contributed by atoms with Crippen LogP contribution in [-0.4, -0.2) is 12.9 Å². The second-order valence-electron chi connectivity index (χ2n) is 5.49. The van der Waals surface area contributed by atoms with E-state index in [0.717, 1.165) is 19.4 Å². The summed E-state index contributed by atoms with van der Waals surface area (Å²) in [5.74, 6) is 0. The zero-order valence-electron chi connectivity index (χ0n) is 11.4. The standard InChI is InChI=1S/C18H18O2/c1-3-9-15-13(7-1)14-8-2-4-10-16(14)18(15)20-17-11-5-6-12-19-17/h1-4,7-10,17-18H,5-6,11-12H2. The van der Waals surface area contributed by atoms with Crippen LogP contribution in [0.15, 0.2) is 48.5 Å². The average Bonchev–Trinajstić information content (AvgIpc) is 2.84. The molecule has 2 nitrogen and oxygen atoms in total. The van der Waals surface area contributed by atoms with E-state index in [9.17, 15) is 0 Å².